The molecule has 2 N–H and O–H groups in total. The average Bonchev–Trinajstić information content (AvgIpc) is 2.90. The summed E-state index contributed by atoms with van der Waals surface area (Å²) in [5.41, 5.74) is 2.02. The summed E-state index contributed by atoms with van der Waals surface area (Å²) in [6.45, 7) is 5.05. The Balaban J connectivity index is 1.81. The van der Waals surface area contributed by atoms with Gasteiger partial charge in [-0.05, 0) is 6.92 Å². The van der Waals surface area contributed by atoms with Gasteiger partial charge in [-0.2, -0.15) is 0 Å². The van der Waals surface area contributed by atoms with Crippen LogP contribution in [0.15, 0.2) is 6.33 Å². The monoisotopic (exact) mass is 225 g/mol. The van der Waals surface area contributed by atoms with E-state index in [-0.39, 0.29) is 5.60 Å². The second-order valence-corrected chi connectivity index (χ2v) is 4.27. The Labute approximate surface area is 95.6 Å². The van der Waals surface area contributed by atoms with E-state index in [0.717, 1.165) is 37.5 Å². The molecule has 1 aliphatic heterocycles. The van der Waals surface area contributed by atoms with Crippen molar-refractivity contribution >= 4 is 0 Å². The van der Waals surface area contributed by atoms with E-state index >= 15 is 0 Å². The van der Waals surface area contributed by atoms with E-state index in [1.165, 1.54) is 0 Å². The van der Waals surface area contributed by atoms with Crippen LogP contribution in [0.25, 0.3) is 0 Å². The smallest absolute Gasteiger partial charge is 0.106 e. The molecule has 0 spiro atoms. The predicted octanol–water partition coefficient (Wildman–Crippen LogP) is 0.613. The first-order valence-electron chi connectivity index (χ1n) is 5.58. The molecule has 0 saturated carbocycles. The molecule has 0 bridgehead atoms. The van der Waals surface area contributed by atoms with Gasteiger partial charge in [-0.1, -0.05) is 0 Å². The Morgan fingerprint density at radius 1 is 1.69 bits per heavy atom. The largest absolute Gasteiger partial charge is 0.378 e. The van der Waals surface area contributed by atoms with Crippen molar-refractivity contribution in [3.63, 3.8) is 0 Å². The minimum Gasteiger partial charge on any atom is -0.378 e. The first-order valence-corrected chi connectivity index (χ1v) is 5.58. The van der Waals surface area contributed by atoms with Crippen LogP contribution in [0.4, 0.5) is 0 Å². The standard InChI is InChI=1S/C11H19N3O2/c1-9-10(14-8-13-9)5-12-6-11(15-2)3-4-16-7-11/h8,12H,3-7H2,1-2H3,(H,13,14). The summed E-state index contributed by atoms with van der Waals surface area (Å²) in [5.74, 6) is 0. The van der Waals surface area contributed by atoms with E-state index < -0.39 is 0 Å². The molecular formula is C11H19N3O2. The lowest BCUT2D eigenvalue weighted by atomic mass is 10.0. The summed E-state index contributed by atoms with van der Waals surface area (Å²) in [6, 6.07) is 0. The Kier molecular flexibility index (Phi) is 3.58. The molecule has 0 aromatic carbocycles. The van der Waals surface area contributed by atoms with Gasteiger partial charge in [-0.15, -0.1) is 0 Å². The maximum Gasteiger partial charge on any atom is 0.106 e. The number of ether oxygens (including phenoxy) is 2. The molecule has 1 fully saturated rings. The summed E-state index contributed by atoms with van der Waals surface area (Å²) in [7, 11) is 1.75. The number of rotatable bonds is 5. The van der Waals surface area contributed by atoms with Crippen LogP contribution >= 0.6 is 0 Å². The van der Waals surface area contributed by atoms with E-state index in [0.29, 0.717) is 6.61 Å². The zero-order valence-electron chi connectivity index (χ0n) is 9.88. The van der Waals surface area contributed by atoms with Crippen LogP contribution in [-0.2, 0) is 16.0 Å². The molecule has 0 amide bonds. The van der Waals surface area contributed by atoms with Crippen molar-refractivity contribution in [1.29, 1.82) is 0 Å². The number of methoxy groups -OCH3 is 1. The van der Waals surface area contributed by atoms with E-state index in [4.69, 9.17) is 9.47 Å². The van der Waals surface area contributed by atoms with Crippen LogP contribution < -0.4 is 5.32 Å². The molecule has 1 aliphatic rings. The Morgan fingerprint density at radius 3 is 3.12 bits per heavy atom. The fourth-order valence-electron chi connectivity index (χ4n) is 1.94. The molecule has 16 heavy (non-hydrogen) atoms. The topological polar surface area (TPSA) is 59.2 Å². The number of hydrogen-bond acceptors (Lipinski definition) is 4. The maximum absolute atomic E-state index is 5.53. The number of imidazole rings is 1. The number of aromatic amines is 1. The summed E-state index contributed by atoms with van der Waals surface area (Å²) in [5, 5.41) is 3.37. The number of nitrogens with one attached hydrogen (secondary N) is 2. The highest BCUT2D eigenvalue weighted by molar-refractivity contribution is 5.08. The fraction of sp³-hybridized carbons (Fsp3) is 0.727. The van der Waals surface area contributed by atoms with Gasteiger partial charge in [0.15, 0.2) is 0 Å². The molecule has 1 aromatic heterocycles. The lowest BCUT2D eigenvalue weighted by Crippen LogP contribution is -2.42. The molecule has 5 heteroatoms. The quantitative estimate of drug-likeness (QED) is 0.771. The molecule has 1 unspecified atom stereocenters. The predicted molar refractivity (Wildman–Crippen MR) is 60.2 cm³/mol. The van der Waals surface area contributed by atoms with Gasteiger partial charge in [0.25, 0.3) is 0 Å². The fourth-order valence-corrected chi connectivity index (χ4v) is 1.94. The number of hydrogen-bond donors (Lipinski definition) is 2. The molecule has 2 rings (SSSR count). The van der Waals surface area contributed by atoms with Crippen LogP contribution in [0.3, 0.4) is 0 Å². The molecular weight excluding hydrogens is 206 g/mol. The SMILES string of the molecule is COC1(CNCc2nc[nH]c2C)CCOC1. The van der Waals surface area contributed by atoms with Gasteiger partial charge in [0.2, 0.25) is 0 Å². The van der Waals surface area contributed by atoms with E-state index in [2.05, 4.69) is 15.3 Å². The minimum atomic E-state index is -0.149. The zero-order valence-corrected chi connectivity index (χ0v) is 9.88. The lowest BCUT2D eigenvalue weighted by molar-refractivity contribution is -0.0159. The molecule has 5 nitrogen and oxygen atoms in total. The van der Waals surface area contributed by atoms with Crippen LogP contribution in [0, 0.1) is 6.92 Å². The van der Waals surface area contributed by atoms with Crippen molar-refractivity contribution < 1.29 is 9.47 Å². The Morgan fingerprint density at radius 2 is 2.56 bits per heavy atom. The van der Waals surface area contributed by atoms with Crippen LogP contribution in [-0.4, -0.2) is 42.4 Å². The molecule has 0 aliphatic carbocycles. The lowest BCUT2D eigenvalue weighted by Gasteiger charge is -2.25. The van der Waals surface area contributed by atoms with Crippen molar-refractivity contribution in [2.75, 3.05) is 26.9 Å². The second-order valence-electron chi connectivity index (χ2n) is 4.27. The van der Waals surface area contributed by atoms with Gasteiger partial charge in [0.05, 0.1) is 18.6 Å². The van der Waals surface area contributed by atoms with Crippen LogP contribution in [0.2, 0.25) is 0 Å². The normalized spacial score (nSPS) is 25.1. The van der Waals surface area contributed by atoms with Crippen molar-refractivity contribution in [1.82, 2.24) is 15.3 Å². The summed E-state index contributed by atoms with van der Waals surface area (Å²) < 4.78 is 10.9. The average molecular weight is 225 g/mol. The van der Waals surface area contributed by atoms with E-state index in [1.807, 2.05) is 6.92 Å². The van der Waals surface area contributed by atoms with Gasteiger partial charge in [0, 0.05) is 38.9 Å². The van der Waals surface area contributed by atoms with Crippen molar-refractivity contribution in [3.05, 3.63) is 17.7 Å². The van der Waals surface area contributed by atoms with E-state index in [9.17, 15) is 0 Å². The number of H-pyrrole nitrogens is 1. The van der Waals surface area contributed by atoms with Crippen molar-refractivity contribution in [2.45, 2.75) is 25.5 Å². The first-order chi connectivity index (χ1) is 7.76. The van der Waals surface area contributed by atoms with E-state index in [1.54, 1.807) is 13.4 Å². The van der Waals surface area contributed by atoms with Crippen LogP contribution in [0.5, 0.6) is 0 Å². The van der Waals surface area contributed by atoms with Crippen LogP contribution in [0.1, 0.15) is 17.8 Å². The second kappa shape index (κ2) is 4.95. The van der Waals surface area contributed by atoms with Gasteiger partial charge < -0.3 is 19.8 Å². The third-order valence-electron chi connectivity index (χ3n) is 3.17. The van der Waals surface area contributed by atoms with Crippen molar-refractivity contribution in [2.24, 2.45) is 0 Å². The molecule has 90 valence electrons. The van der Waals surface area contributed by atoms with Gasteiger partial charge >= 0.3 is 0 Å². The first kappa shape index (κ1) is 11.6. The molecule has 1 aromatic rings. The maximum atomic E-state index is 5.53. The molecule has 1 atom stereocenters. The Hall–Kier alpha value is -0.910. The summed E-state index contributed by atoms with van der Waals surface area (Å²) in [4.78, 5) is 7.30. The minimum absolute atomic E-state index is 0.149. The molecule has 0 radical (unpaired) electrons. The van der Waals surface area contributed by atoms with Gasteiger partial charge in [0.1, 0.15) is 5.60 Å². The summed E-state index contributed by atoms with van der Waals surface area (Å²) >= 11 is 0. The number of aryl methyl sites for hydroxylation is 1. The highest BCUT2D eigenvalue weighted by Gasteiger charge is 2.34. The number of aromatic nitrogens is 2. The van der Waals surface area contributed by atoms with Gasteiger partial charge in [-0.3, -0.25) is 0 Å². The molecule has 2 heterocycles. The third-order valence-corrected chi connectivity index (χ3v) is 3.17. The number of nitrogens with zero attached hydrogens (tertiary/aromatic N) is 1. The highest BCUT2D eigenvalue weighted by atomic mass is 16.5. The molecule has 1 saturated heterocycles. The highest BCUT2D eigenvalue weighted by Crippen LogP contribution is 2.21. The van der Waals surface area contributed by atoms with Gasteiger partial charge in [-0.25, -0.2) is 4.98 Å². The third kappa shape index (κ3) is 2.42. The Bertz CT molecular complexity index is 332. The zero-order chi connectivity index (χ0) is 11.4. The summed E-state index contributed by atoms with van der Waals surface area (Å²) in [6.07, 6.45) is 2.67. The van der Waals surface area contributed by atoms with Crippen molar-refractivity contribution in [3.8, 4) is 0 Å².